The predicted molar refractivity (Wildman–Crippen MR) is 133 cm³/mol. The van der Waals surface area contributed by atoms with Crippen LogP contribution in [0.4, 0.5) is 0 Å². The Morgan fingerprint density at radius 3 is 2.47 bits per heavy atom. The molecule has 0 unspecified atom stereocenters. The molecule has 0 aromatic heterocycles. The van der Waals surface area contributed by atoms with Crippen LogP contribution >= 0.6 is 15.9 Å². The number of benzene rings is 2. The molecule has 1 saturated heterocycles. The van der Waals surface area contributed by atoms with E-state index in [4.69, 9.17) is 16.2 Å². The molecule has 2 aromatic rings. The lowest BCUT2D eigenvalue weighted by Crippen LogP contribution is -2.53. The van der Waals surface area contributed by atoms with E-state index in [-0.39, 0.29) is 30.5 Å². The molecule has 8 nitrogen and oxygen atoms in total. The first-order chi connectivity index (χ1) is 16.3. The van der Waals surface area contributed by atoms with Crippen LogP contribution in [0.25, 0.3) is 0 Å². The van der Waals surface area contributed by atoms with Gasteiger partial charge in [-0.25, -0.2) is 0 Å². The van der Waals surface area contributed by atoms with E-state index < -0.39 is 11.3 Å². The van der Waals surface area contributed by atoms with Crippen molar-refractivity contribution < 1.29 is 19.1 Å². The number of nitrogens with two attached hydrogens (primary N) is 2. The topological polar surface area (TPSA) is 128 Å². The molecule has 1 fully saturated rings. The Morgan fingerprint density at radius 1 is 1.15 bits per heavy atom. The van der Waals surface area contributed by atoms with E-state index in [1.165, 1.54) is 0 Å². The number of carbonyl (C=O) groups is 3. The standard InChI is InChI=1S/C25H31BrN4O4/c1-2-17-7-8-19(23(28)32)21(13-17)34-16-25(9-11-30(12-10-25)22(31)14-27)24(33)29-15-18-5-3-4-6-20(18)26/h3-8,13H,2,9-12,14-16,27H2,1H3,(H2,28,32)(H,29,33). The first-order valence-electron chi connectivity index (χ1n) is 11.3. The van der Waals surface area contributed by atoms with Crippen molar-refractivity contribution in [1.29, 1.82) is 0 Å². The van der Waals surface area contributed by atoms with E-state index >= 15 is 0 Å². The second kappa shape index (κ2) is 11.5. The number of amides is 3. The number of ether oxygens (including phenoxy) is 1. The molecule has 0 aliphatic carbocycles. The molecule has 1 aliphatic rings. The summed E-state index contributed by atoms with van der Waals surface area (Å²) in [7, 11) is 0. The maximum Gasteiger partial charge on any atom is 0.252 e. The zero-order chi connectivity index (χ0) is 24.7. The maximum absolute atomic E-state index is 13.5. The molecule has 34 heavy (non-hydrogen) atoms. The summed E-state index contributed by atoms with van der Waals surface area (Å²) in [4.78, 5) is 39.2. The van der Waals surface area contributed by atoms with Crippen molar-refractivity contribution in [3.63, 3.8) is 0 Å². The third kappa shape index (κ3) is 5.95. The van der Waals surface area contributed by atoms with Crippen molar-refractivity contribution in [2.45, 2.75) is 32.7 Å². The van der Waals surface area contributed by atoms with Gasteiger partial charge in [0.1, 0.15) is 12.4 Å². The Kier molecular flexibility index (Phi) is 8.68. The number of carbonyl (C=O) groups excluding carboxylic acids is 3. The fourth-order valence-electron chi connectivity index (χ4n) is 4.08. The van der Waals surface area contributed by atoms with Crippen molar-refractivity contribution >= 4 is 33.7 Å². The van der Waals surface area contributed by atoms with Gasteiger partial charge in [-0.2, -0.15) is 0 Å². The predicted octanol–water partition coefficient (Wildman–Crippen LogP) is 2.37. The third-order valence-electron chi connectivity index (χ3n) is 6.35. The zero-order valence-electron chi connectivity index (χ0n) is 19.3. The molecule has 0 radical (unpaired) electrons. The van der Waals surface area contributed by atoms with Crippen LogP contribution in [-0.4, -0.2) is 48.9 Å². The summed E-state index contributed by atoms with van der Waals surface area (Å²) in [6, 6.07) is 13.0. The third-order valence-corrected chi connectivity index (χ3v) is 7.12. The minimum absolute atomic E-state index is 0.0624. The summed E-state index contributed by atoms with van der Waals surface area (Å²) in [6.07, 6.45) is 1.60. The number of nitrogens with zero attached hydrogens (tertiary/aromatic N) is 1. The molecule has 5 N–H and O–H groups in total. The van der Waals surface area contributed by atoms with Crippen LogP contribution in [0.5, 0.6) is 5.75 Å². The molecule has 1 aliphatic heterocycles. The smallest absolute Gasteiger partial charge is 0.252 e. The number of rotatable bonds is 9. The van der Waals surface area contributed by atoms with Gasteiger partial charge < -0.3 is 26.4 Å². The fraction of sp³-hybridized carbons (Fsp3) is 0.400. The first kappa shape index (κ1) is 25.7. The van der Waals surface area contributed by atoms with Gasteiger partial charge in [0.2, 0.25) is 11.8 Å². The number of halogens is 1. The maximum atomic E-state index is 13.5. The first-order valence-corrected chi connectivity index (χ1v) is 12.1. The number of aryl methyl sites for hydroxylation is 1. The number of nitrogens with one attached hydrogen (secondary N) is 1. The van der Waals surface area contributed by atoms with Gasteiger partial charge in [0.15, 0.2) is 0 Å². The Morgan fingerprint density at radius 2 is 1.85 bits per heavy atom. The molecule has 3 amide bonds. The van der Waals surface area contributed by atoms with Crippen LogP contribution in [-0.2, 0) is 22.6 Å². The summed E-state index contributed by atoms with van der Waals surface area (Å²) in [5, 5.41) is 3.04. The molecule has 0 spiro atoms. The van der Waals surface area contributed by atoms with Crippen molar-refractivity contribution in [3.05, 3.63) is 63.6 Å². The molecule has 3 rings (SSSR count). The molecule has 9 heteroatoms. The van der Waals surface area contributed by atoms with Crippen molar-refractivity contribution in [2.24, 2.45) is 16.9 Å². The normalized spacial score (nSPS) is 15.0. The van der Waals surface area contributed by atoms with Gasteiger partial charge in [-0.3, -0.25) is 14.4 Å². The largest absolute Gasteiger partial charge is 0.492 e. The number of hydrogen-bond acceptors (Lipinski definition) is 5. The lowest BCUT2D eigenvalue weighted by molar-refractivity contribution is -0.141. The van der Waals surface area contributed by atoms with Crippen LogP contribution in [0, 0.1) is 5.41 Å². The molecular formula is C25H31BrN4O4. The van der Waals surface area contributed by atoms with E-state index in [2.05, 4.69) is 21.2 Å². The van der Waals surface area contributed by atoms with Crippen LogP contribution < -0.4 is 21.5 Å². The highest BCUT2D eigenvalue weighted by Gasteiger charge is 2.43. The molecule has 0 bridgehead atoms. The summed E-state index contributed by atoms with van der Waals surface area (Å²) in [5.74, 6) is -0.524. The van der Waals surface area contributed by atoms with E-state index in [0.717, 1.165) is 22.0 Å². The molecular weight excluding hydrogens is 500 g/mol. The Balaban J connectivity index is 1.81. The second-order valence-corrected chi connectivity index (χ2v) is 9.33. The van der Waals surface area contributed by atoms with Gasteiger partial charge in [-0.05, 0) is 48.6 Å². The van der Waals surface area contributed by atoms with E-state index in [1.54, 1.807) is 17.0 Å². The number of likely N-dealkylation sites (tertiary alicyclic amines) is 1. The second-order valence-electron chi connectivity index (χ2n) is 8.48. The van der Waals surface area contributed by atoms with Gasteiger partial charge in [0.25, 0.3) is 5.91 Å². The van der Waals surface area contributed by atoms with Crippen molar-refractivity contribution in [2.75, 3.05) is 26.2 Å². The lowest BCUT2D eigenvalue weighted by Gasteiger charge is -2.40. The molecule has 2 aromatic carbocycles. The quantitative estimate of drug-likeness (QED) is 0.458. The summed E-state index contributed by atoms with van der Waals surface area (Å²) in [6.45, 7) is 3.16. The zero-order valence-corrected chi connectivity index (χ0v) is 20.9. The fourth-order valence-corrected chi connectivity index (χ4v) is 4.51. The van der Waals surface area contributed by atoms with Crippen LogP contribution in [0.2, 0.25) is 0 Å². The number of hydrogen-bond donors (Lipinski definition) is 3. The van der Waals surface area contributed by atoms with E-state index in [0.29, 0.717) is 38.2 Å². The van der Waals surface area contributed by atoms with Crippen LogP contribution in [0.15, 0.2) is 46.9 Å². The van der Waals surface area contributed by atoms with Gasteiger partial charge in [0, 0.05) is 24.1 Å². The summed E-state index contributed by atoms with van der Waals surface area (Å²) < 4.78 is 7.01. The summed E-state index contributed by atoms with van der Waals surface area (Å²) in [5.41, 5.74) is 12.4. The van der Waals surface area contributed by atoms with E-state index in [1.807, 2.05) is 37.3 Å². The summed E-state index contributed by atoms with van der Waals surface area (Å²) >= 11 is 3.51. The SMILES string of the molecule is CCc1ccc(C(N)=O)c(OCC2(C(=O)NCc3ccccc3Br)CCN(C(=O)CN)CC2)c1. The number of piperidine rings is 1. The minimum Gasteiger partial charge on any atom is -0.492 e. The Hall–Kier alpha value is -2.91. The van der Waals surface area contributed by atoms with Crippen LogP contribution in [0.3, 0.4) is 0 Å². The van der Waals surface area contributed by atoms with Crippen molar-refractivity contribution in [1.82, 2.24) is 10.2 Å². The highest BCUT2D eigenvalue weighted by Crippen LogP contribution is 2.34. The average Bonchev–Trinajstić information content (AvgIpc) is 2.86. The lowest BCUT2D eigenvalue weighted by atomic mass is 9.78. The molecule has 0 atom stereocenters. The van der Waals surface area contributed by atoms with Crippen LogP contribution in [0.1, 0.15) is 41.3 Å². The van der Waals surface area contributed by atoms with Gasteiger partial charge in [-0.1, -0.05) is 47.1 Å². The number of primary amides is 1. The molecule has 1 heterocycles. The Bertz CT molecular complexity index is 1050. The van der Waals surface area contributed by atoms with Gasteiger partial charge in [-0.15, -0.1) is 0 Å². The monoisotopic (exact) mass is 530 g/mol. The average molecular weight is 531 g/mol. The minimum atomic E-state index is -0.871. The molecule has 0 saturated carbocycles. The van der Waals surface area contributed by atoms with Gasteiger partial charge >= 0.3 is 0 Å². The molecule has 182 valence electrons. The van der Waals surface area contributed by atoms with E-state index in [9.17, 15) is 14.4 Å². The Labute approximate surface area is 208 Å². The van der Waals surface area contributed by atoms with Crippen molar-refractivity contribution in [3.8, 4) is 5.75 Å². The highest BCUT2D eigenvalue weighted by molar-refractivity contribution is 9.10. The van der Waals surface area contributed by atoms with Gasteiger partial charge in [0.05, 0.1) is 17.5 Å². The highest BCUT2D eigenvalue weighted by atomic mass is 79.9.